The molecule has 0 spiro atoms. The van der Waals surface area contributed by atoms with Crippen LogP contribution in [0.3, 0.4) is 0 Å². The second-order valence-corrected chi connectivity index (χ2v) is 9.19. The first-order valence-corrected chi connectivity index (χ1v) is 12.1. The largest absolute Gasteiger partial charge is 0.481 e. The Bertz CT molecular complexity index is 1030. The van der Waals surface area contributed by atoms with Gasteiger partial charge in [-0.15, -0.1) is 0 Å². The molecule has 2 aliphatic rings. The normalized spacial score (nSPS) is 17.5. The number of amides is 2. The molecular weight excluding hydrogens is 448 g/mol. The third kappa shape index (κ3) is 5.82. The maximum atomic E-state index is 13.2. The summed E-state index contributed by atoms with van der Waals surface area (Å²) in [6.45, 7) is 1.52. The molecule has 4 rings (SSSR count). The molecule has 2 aromatic carbocycles. The van der Waals surface area contributed by atoms with Crippen molar-refractivity contribution in [2.45, 2.75) is 37.6 Å². The molecule has 0 saturated carbocycles. The van der Waals surface area contributed by atoms with Crippen LogP contribution in [-0.2, 0) is 19.1 Å². The van der Waals surface area contributed by atoms with Gasteiger partial charge in [0, 0.05) is 39.1 Å². The van der Waals surface area contributed by atoms with E-state index in [2.05, 4.69) is 29.6 Å². The number of aliphatic carboxylic acids is 1. The van der Waals surface area contributed by atoms with E-state index in [0.29, 0.717) is 39.0 Å². The molecule has 2 aromatic rings. The molecule has 2 amide bonds. The van der Waals surface area contributed by atoms with Gasteiger partial charge in [0.05, 0.1) is 0 Å². The van der Waals surface area contributed by atoms with Crippen molar-refractivity contribution < 1.29 is 29.0 Å². The Morgan fingerprint density at radius 3 is 2.37 bits per heavy atom. The minimum absolute atomic E-state index is 0.0396. The van der Waals surface area contributed by atoms with Crippen molar-refractivity contribution in [1.82, 2.24) is 10.2 Å². The van der Waals surface area contributed by atoms with Crippen molar-refractivity contribution in [3.8, 4) is 11.1 Å². The van der Waals surface area contributed by atoms with Crippen LogP contribution in [0.25, 0.3) is 11.1 Å². The zero-order valence-electron chi connectivity index (χ0n) is 19.9. The summed E-state index contributed by atoms with van der Waals surface area (Å²) in [7, 11) is 1.59. The molecule has 0 bridgehead atoms. The van der Waals surface area contributed by atoms with E-state index in [1.54, 1.807) is 12.0 Å². The van der Waals surface area contributed by atoms with E-state index in [-0.39, 0.29) is 30.8 Å². The Kier molecular flexibility index (Phi) is 8.02. The van der Waals surface area contributed by atoms with Crippen LogP contribution in [-0.4, -0.2) is 67.4 Å². The second kappa shape index (κ2) is 11.4. The first kappa shape index (κ1) is 24.7. The summed E-state index contributed by atoms with van der Waals surface area (Å²) in [5.41, 5.74) is 4.54. The number of carbonyl (C=O) groups excluding carboxylic acids is 2. The highest BCUT2D eigenvalue weighted by atomic mass is 16.5. The van der Waals surface area contributed by atoms with Gasteiger partial charge in [-0.3, -0.25) is 9.59 Å². The lowest BCUT2D eigenvalue weighted by molar-refractivity contribution is -0.138. The van der Waals surface area contributed by atoms with Crippen molar-refractivity contribution in [2.24, 2.45) is 5.92 Å². The summed E-state index contributed by atoms with van der Waals surface area (Å²) in [6, 6.07) is 15.5. The van der Waals surface area contributed by atoms with Crippen molar-refractivity contribution in [3.63, 3.8) is 0 Å². The van der Waals surface area contributed by atoms with E-state index in [0.717, 1.165) is 22.3 Å². The third-order valence-corrected chi connectivity index (χ3v) is 6.84. The number of ether oxygens (including phenoxy) is 2. The first-order valence-electron chi connectivity index (χ1n) is 12.1. The van der Waals surface area contributed by atoms with Gasteiger partial charge in [0.1, 0.15) is 12.6 Å². The number of carboxylic acids is 1. The predicted molar refractivity (Wildman–Crippen MR) is 130 cm³/mol. The molecule has 8 heteroatoms. The maximum Gasteiger partial charge on any atom is 0.407 e. The Morgan fingerprint density at radius 1 is 1.09 bits per heavy atom. The SMILES string of the molecule is COCCCC(NC(=O)OCC1c2ccccc2-c2ccccc21)C(=O)N1CCC(CC(=O)O)C1. The molecule has 1 heterocycles. The molecule has 35 heavy (non-hydrogen) atoms. The number of rotatable bonds is 10. The fourth-order valence-corrected chi connectivity index (χ4v) is 5.14. The van der Waals surface area contributed by atoms with Crippen LogP contribution >= 0.6 is 0 Å². The molecule has 1 aliphatic carbocycles. The number of nitrogens with one attached hydrogen (secondary N) is 1. The minimum atomic E-state index is -0.863. The predicted octanol–water partition coefficient (Wildman–Crippen LogP) is 3.64. The van der Waals surface area contributed by atoms with Crippen LogP contribution in [0.15, 0.2) is 48.5 Å². The van der Waals surface area contributed by atoms with E-state index in [9.17, 15) is 14.4 Å². The summed E-state index contributed by atoms with van der Waals surface area (Å²) in [5, 5.41) is 11.8. The highest BCUT2D eigenvalue weighted by Crippen LogP contribution is 2.44. The monoisotopic (exact) mass is 480 g/mol. The van der Waals surface area contributed by atoms with Crippen LogP contribution < -0.4 is 5.32 Å². The highest BCUT2D eigenvalue weighted by Gasteiger charge is 2.33. The number of carboxylic acid groups (broad SMARTS) is 1. The van der Waals surface area contributed by atoms with Gasteiger partial charge in [0.15, 0.2) is 0 Å². The molecule has 1 saturated heterocycles. The summed E-state index contributed by atoms with van der Waals surface area (Å²) < 4.78 is 10.7. The Balaban J connectivity index is 1.38. The number of nitrogens with zero attached hydrogens (tertiary/aromatic N) is 1. The molecular formula is C27H32N2O6. The van der Waals surface area contributed by atoms with Crippen LogP contribution in [0.2, 0.25) is 0 Å². The number of fused-ring (bicyclic) bond motifs is 3. The van der Waals surface area contributed by atoms with Crippen LogP contribution in [0.4, 0.5) is 4.79 Å². The summed E-state index contributed by atoms with van der Waals surface area (Å²) in [4.78, 5) is 38.6. The smallest absolute Gasteiger partial charge is 0.407 e. The van der Waals surface area contributed by atoms with Gasteiger partial charge in [-0.05, 0) is 47.4 Å². The number of methoxy groups -OCH3 is 1. The van der Waals surface area contributed by atoms with Gasteiger partial charge in [-0.25, -0.2) is 4.79 Å². The third-order valence-electron chi connectivity index (χ3n) is 6.84. The fourth-order valence-electron chi connectivity index (χ4n) is 5.14. The van der Waals surface area contributed by atoms with E-state index in [1.165, 1.54) is 0 Å². The molecule has 0 radical (unpaired) electrons. The number of hydrogen-bond donors (Lipinski definition) is 2. The number of likely N-dealkylation sites (tertiary alicyclic amines) is 1. The zero-order chi connectivity index (χ0) is 24.8. The van der Waals surface area contributed by atoms with E-state index < -0.39 is 18.1 Å². The Labute approximate surface area is 205 Å². The lowest BCUT2D eigenvalue weighted by Gasteiger charge is -2.24. The Morgan fingerprint density at radius 2 is 1.74 bits per heavy atom. The second-order valence-electron chi connectivity index (χ2n) is 9.19. The summed E-state index contributed by atoms with van der Waals surface area (Å²) >= 11 is 0. The van der Waals surface area contributed by atoms with E-state index in [1.807, 2.05) is 24.3 Å². The van der Waals surface area contributed by atoms with Gasteiger partial charge in [0.2, 0.25) is 5.91 Å². The minimum Gasteiger partial charge on any atom is -0.481 e. The number of alkyl carbamates (subject to hydrolysis) is 1. The maximum absolute atomic E-state index is 13.2. The standard InChI is InChI=1S/C27H32N2O6/c1-34-14-6-11-24(26(32)29-13-12-18(16-29)15-25(30)31)28-27(33)35-17-23-21-9-4-2-7-19(21)20-8-3-5-10-22(20)23/h2-5,7-10,18,23-24H,6,11-17H2,1H3,(H,28,33)(H,30,31). The van der Waals surface area contributed by atoms with E-state index in [4.69, 9.17) is 14.6 Å². The van der Waals surface area contributed by atoms with Crippen molar-refractivity contribution in [3.05, 3.63) is 59.7 Å². The Hall–Kier alpha value is -3.39. The van der Waals surface area contributed by atoms with Crippen LogP contribution in [0.1, 0.15) is 42.7 Å². The number of carbonyl (C=O) groups is 3. The van der Waals surface area contributed by atoms with Crippen molar-refractivity contribution in [1.29, 1.82) is 0 Å². The van der Waals surface area contributed by atoms with Gasteiger partial charge in [-0.2, -0.15) is 0 Å². The topological polar surface area (TPSA) is 105 Å². The molecule has 8 nitrogen and oxygen atoms in total. The first-order chi connectivity index (χ1) is 17.0. The van der Waals surface area contributed by atoms with Crippen LogP contribution in [0, 0.1) is 5.92 Å². The lowest BCUT2D eigenvalue weighted by atomic mass is 9.98. The fraction of sp³-hybridized carbons (Fsp3) is 0.444. The number of benzene rings is 2. The van der Waals surface area contributed by atoms with Crippen molar-refractivity contribution in [2.75, 3.05) is 33.4 Å². The molecule has 2 atom stereocenters. The average Bonchev–Trinajstić information content (AvgIpc) is 3.44. The van der Waals surface area contributed by atoms with Gasteiger partial charge >= 0.3 is 12.1 Å². The van der Waals surface area contributed by atoms with Crippen molar-refractivity contribution >= 4 is 18.0 Å². The molecule has 2 N–H and O–H groups in total. The lowest BCUT2D eigenvalue weighted by Crippen LogP contribution is -2.48. The van der Waals surface area contributed by atoms with Crippen LogP contribution in [0.5, 0.6) is 0 Å². The van der Waals surface area contributed by atoms with Gasteiger partial charge < -0.3 is 24.8 Å². The van der Waals surface area contributed by atoms with Gasteiger partial charge in [-0.1, -0.05) is 48.5 Å². The number of hydrogen-bond acceptors (Lipinski definition) is 5. The molecule has 186 valence electrons. The average molecular weight is 481 g/mol. The zero-order valence-corrected chi connectivity index (χ0v) is 19.9. The van der Waals surface area contributed by atoms with Gasteiger partial charge in [0.25, 0.3) is 0 Å². The molecule has 0 aromatic heterocycles. The molecule has 1 fully saturated rings. The molecule has 2 unspecified atom stereocenters. The summed E-state index contributed by atoms with van der Waals surface area (Å²) in [6.07, 6.45) is 1.06. The molecule has 1 aliphatic heterocycles. The quantitative estimate of drug-likeness (QED) is 0.503. The van der Waals surface area contributed by atoms with E-state index >= 15 is 0 Å². The highest BCUT2D eigenvalue weighted by molar-refractivity contribution is 5.86. The summed E-state index contributed by atoms with van der Waals surface area (Å²) in [5.74, 6) is -1.20.